The van der Waals surface area contributed by atoms with Crippen molar-refractivity contribution in [3.05, 3.63) is 0 Å². The van der Waals surface area contributed by atoms with Gasteiger partial charge in [0.1, 0.15) is 6.04 Å². The number of carbonyl (C=O) groups is 1. The minimum atomic E-state index is -0.793. The molecule has 0 spiro atoms. The van der Waals surface area contributed by atoms with Gasteiger partial charge in [0, 0.05) is 19.1 Å². The van der Waals surface area contributed by atoms with Gasteiger partial charge in [-0.05, 0) is 18.4 Å². The van der Waals surface area contributed by atoms with E-state index in [4.69, 9.17) is 5.11 Å². The number of rotatable bonds is 7. The van der Waals surface area contributed by atoms with Crippen LogP contribution in [0.4, 0.5) is 0 Å². The van der Waals surface area contributed by atoms with Gasteiger partial charge in [-0.25, -0.2) is 5.43 Å². The van der Waals surface area contributed by atoms with Crippen LogP contribution in [0.5, 0.6) is 0 Å². The first-order valence-electron chi connectivity index (χ1n) is 4.67. The molecular weight excluding hydrogens is 202 g/mol. The van der Waals surface area contributed by atoms with Gasteiger partial charge in [-0.3, -0.25) is 10.2 Å². The van der Waals surface area contributed by atoms with Crippen LogP contribution in [0.1, 0.15) is 6.42 Å². The second-order valence-corrected chi connectivity index (χ2v) is 4.30. The summed E-state index contributed by atoms with van der Waals surface area (Å²) in [5.41, 5.74) is 5.86. The van der Waals surface area contributed by atoms with Gasteiger partial charge in [-0.1, -0.05) is 0 Å². The number of nitrogens with one attached hydrogen (secondary N) is 3. The molecule has 14 heavy (non-hydrogen) atoms. The second-order valence-electron chi connectivity index (χ2n) is 3.32. The zero-order chi connectivity index (χ0) is 10.4. The fourth-order valence-corrected chi connectivity index (χ4v) is 1.57. The first kappa shape index (κ1) is 11.8. The summed E-state index contributed by atoms with van der Waals surface area (Å²) in [5.74, 6) is 0.0630. The fourth-order valence-electron chi connectivity index (χ4n) is 1.10. The zero-order valence-corrected chi connectivity index (χ0v) is 9.06. The molecule has 0 bridgehead atoms. The number of carboxylic acids is 1. The van der Waals surface area contributed by atoms with Crippen LogP contribution in [0.15, 0.2) is 0 Å². The van der Waals surface area contributed by atoms with Crippen LogP contribution in [0.25, 0.3) is 0 Å². The minimum absolute atomic E-state index is 0.367. The molecule has 1 aliphatic rings. The van der Waals surface area contributed by atoms with Crippen molar-refractivity contribution in [2.24, 2.45) is 0 Å². The lowest BCUT2D eigenvalue weighted by atomic mass is 10.2. The van der Waals surface area contributed by atoms with Crippen molar-refractivity contribution in [3.8, 4) is 0 Å². The molecule has 0 aromatic rings. The minimum Gasteiger partial charge on any atom is -0.480 e. The van der Waals surface area contributed by atoms with E-state index in [0.717, 1.165) is 18.8 Å². The molecule has 1 fully saturated rings. The number of aliphatic carboxylic acids is 1. The molecule has 0 radical (unpaired) electrons. The first-order chi connectivity index (χ1) is 6.74. The van der Waals surface area contributed by atoms with E-state index in [1.807, 2.05) is 6.26 Å². The van der Waals surface area contributed by atoms with Gasteiger partial charge < -0.3 is 10.4 Å². The van der Waals surface area contributed by atoms with Crippen molar-refractivity contribution < 1.29 is 9.90 Å². The molecule has 6 heteroatoms. The number of carboxylic acid groups (broad SMARTS) is 1. The molecule has 1 aliphatic heterocycles. The van der Waals surface area contributed by atoms with Crippen LogP contribution in [-0.2, 0) is 4.79 Å². The highest BCUT2D eigenvalue weighted by Gasteiger charge is 2.20. The summed E-state index contributed by atoms with van der Waals surface area (Å²) >= 11 is 1.66. The Bertz CT molecular complexity index is 187. The molecule has 0 aliphatic carbocycles. The Kier molecular flexibility index (Phi) is 5.24. The van der Waals surface area contributed by atoms with Crippen molar-refractivity contribution in [1.29, 1.82) is 0 Å². The van der Waals surface area contributed by atoms with E-state index < -0.39 is 12.0 Å². The summed E-state index contributed by atoms with van der Waals surface area (Å²) in [6.45, 7) is 1.81. The highest BCUT2D eigenvalue weighted by molar-refractivity contribution is 7.98. The fraction of sp³-hybridized carbons (Fsp3) is 0.875. The Morgan fingerprint density at radius 3 is 2.86 bits per heavy atom. The first-order valence-corrected chi connectivity index (χ1v) is 6.07. The van der Waals surface area contributed by atoms with E-state index in [1.165, 1.54) is 0 Å². The Balaban J connectivity index is 2.16. The summed E-state index contributed by atoms with van der Waals surface area (Å²) in [6.07, 6.45) is 2.62. The molecule has 1 atom stereocenters. The van der Waals surface area contributed by atoms with Gasteiger partial charge >= 0.3 is 5.97 Å². The lowest BCUT2D eigenvalue weighted by Crippen LogP contribution is -2.61. The van der Waals surface area contributed by atoms with E-state index in [9.17, 15) is 4.79 Å². The molecule has 5 nitrogen and oxygen atoms in total. The van der Waals surface area contributed by atoms with Crippen molar-refractivity contribution in [3.63, 3.8) is 0 Å². The summed E-state index contributed by atoms with van der Waals surface area (Å²) in [5, 5.41) is 12.0. The Hall–Kier alpha value is -0.300. The zero-order valence-electron chi connectivity index (χ0n) is 8.25. The molecule has 0 aromatic heterocycles. The maximum Gasteiger partial charge on any atom is 0.322 e. The van der Waals surface area contributed by atoms with Gasteiger partial charge in [0.15, 0.2) is 0 Å². The topological polar surface area (TPSA) is 73.4 Å². The molecule has 1 rings (SSSR count). The highest BCUT2D eigenvalue weighted by atomic mass is 32.2. The number of hydrogen-bond acceptors (Lipinski definition) is 5. The molecular formula is C8H17N3O2S. The van der Waals surface area contributed by atoms with Crippen molar-refractivity contribution >= 4 is 17.7 Å². The SMILES string of the molecule is CSCC[C@H](NNC1CNC1)C(=O)O. The molecule has 82 valence electrons. The predicted molar refractivity (Wildman–Crippen MR) is 57.4 cm³/mol. The maximum absolute atomic E-state index is 10.8. The molecule has 0 unspecified atom stereocenters. The van der Waals surface area contributed by atoms with Gasteiger partial charge in [-0.2, -0.15) is 11.8 Å². The summed E-state index contributed by atoms with van der Waals surface area (Å²) in [4.78, 5) is 10.8. The van der Waals surface area contributed by atoms with Gasteiger partial charge in [0.05, 0.1) is 0 Å². The van der Waals surface area contributed by atoms with E-state index in [2.05, 4.69) is 16.2 Å². The van der Waals surface area contributed by atoms with Gasteiger partial charge in [0.25, 0.3) is 0 Å². The third kappa shape index (κ3) is 3.83. The molecule has 4 N–H and O–H groups in total. The standard InChI is InChI=1S/C8H17N3O2S/c1-14-3-2-7(8(12)13)11-10-6-4-9-5-6/h6-7,9-11H,2-5H2,1H3,(H,12,13)/t7-/m0/s1. The highest BCUT2D eigenvalue weighted by Crippen LogP contribution is 2.00. The lowest BCUT2D eigenvalue weighted by Gasteiger charge is -2.29. The Morgan fingerprint density at radius 1 is 1.71 bits per heavy atom. The van der Waals surface area contributed by atoms with E-state index in [0.29, 0.717) is 12.5 Å². The van der Waals surface area contributed by atoms with E-state index in [1.54, 1.807) is 11.8 Å². The van der Waals surface area contributed by atoms with E-state index >= 15 is 0 Å². The quantitative estimate of drug-likeness (QED) is 0.423. The molecule has 1 heterocycles. The number of hydrogen-bond donors (Lipinski definition) is 4. The van der Waals surface area contributed by atoms with Crippen LogP contribution in [0, 0.1) is 0 Å². The van der Waals surface area contributed by atoms with Gasteiger partial charge in [0.2, 0.25) is 0 Å². The van der Waals surface area contributed by atoms with Crippen LogP contribution >= 0.6 is 11.8 Å². The van der Waals surface area contributed by atoms with Crippen molar-refractivity contribution in [2.45, 2.75) is 18.5 Å². The Labute approximate surface area is 88.0 Å². The van der Waals surface area contributed by atoms with Gasteiger partial charge in [-0.15, -0.1) is 0 Å². The summed E-state index contributed by atoms with van der Waals surface area (Å²) in [6, 6.07) is -0.117. The predicted octanol–water partition coefficient (Wildman–Crippen LogP) is -0.741. The summed E-state index contributed by atoms with van der Waals surface area (Å²) in [7, 11) is 0. The Morgan fingerprint density at radius 2 is 2.43 bits per heavy atom. The largest absolute Gasteiger partial charge is 0.480 e. The maximum atomic E-state index is 10.8. The van der Waals surface area contributed by atoms with Crippen molar-refractivity contribution in [2.75, 3.05) is 25.1 Å². The van der Waals surface area contributed by atoms with Crippen LogP contribution in [0.3, 0.4) is 0 Å². The number of hydrazine groups is 1. The molecule has 0 amide bonds. The second kappa shape index (κ2) is 6.23. The van der Waals surface area contributed by atoms with Crippen LogP contribution < -0.4 is 16.2 Å². The lowest BCUT2D eigenvalue weighted by molar-refractivity contribution is -0.139. The number of thioether (sulfide) groups is 1. The normalized spacial score (nSPS) is 18.9. The average molecular weight is 219 g/mol. The summed E-state index contributed by atoms with van der Waals surface area (Å²) < 4.78 is 0. The third-order valence-corrected chi connectivity index (χ3v) is 2.80. The van der Waals surface area contributed by atoms with Crippen molar-refractivity contribution in [1.82, 2.24) is 16.2 Å². The van der Waals surface area contributed by atoms with E-state index in [-0.39, 0.29) is 0 Å². The smallest absolute Gasteiger partial charge is 0.322 e. The van der Waals surface area contributed by atoms with Crippen LogP contribution in [-0.4, -0.2) is 48.3 Å². The molecule has 0 saturated carbocycles. The monoisotopic (exact) mass is 219 g/mol. The molecule has 1 saturated heterocycles. The van der Waals surface area contributed by atoms with Crippen LogP contribution in [0.2, 0.25) is 0 Å². The third-order valence-electron chi connectivity index (χ3n) is 2.15. The molecule has 0 aromatic carbocycles. The average Bonchev–Trinajstić information content (AvgIpc) is 2.07.